The Hall–Kier alpha value is -0.650. The summed E-state index contributed by atoms with van der Waals surface area (Å²) in [6.45, 7) is 4.46. The molecule has 1 atom stereocenters. The lowest BCUT2D eigenvalue weighted by atomic mass is 10.0. The normalized spacial score (nSPS) is 25.5. The number of amides is 1. The summed E-state index contributed by atoms with van der Waals surface area (Å²) in [6, 6.07) is -0.684. The average Bonchev–Trinajstić information content (AvgIpc) is 2.03. The topological polar surface area (TPSA) is 87.6 Å². The fourth-order valence-electron chi connectivity index (χ4n) is 1.14. The van der Waals surface area contributed by atoms with Crippen LogP contribution in [0.2, 0.25) is 0 Å². The molecule has 1 fully saturated rings. The maximum atomic E-state index is 10.7. The van der Waals surface area contributed by atoms with Crippen LogP contribution in [0.5, 0.6) is 0 Å². The maximum Gasteiger partial charge on any atom is 0.234 e. The van der Waals surface area contributed by atoms with Crippen LogP contribution in [0.25, 0.3) is 0 Å². The van der Waals surface area contributed by atoms with Crippen molar-refractivity contribution >= 4 is 5.91 Å². The van der Waals surface area contributed by atoms with Crippen molar-refractivity contribution in [1.29, 1.82) is 0 Å². The van der Waals surface area contributed by atoms with Gasteiger partial charge >= 0.3 is 0 Å². The lowest BCUT2D eigenvalue weighted by molar-refractivity contribution is -0.263. The summed E-state index contributed by atoms with van der Waals surface area (Å²) in [5.74, 6) is -1.23. The van der Waals surface area contributed by atoms with Crippen LogP contribution < -0.4 is 11.5 Å². The van der Waals surface area contributed by atoms with Crippen LogP contribution in [0.15, 0.2) is 0 Å². The Morgan fingerprint density at radius 1 is 1.46 bits per heavy atom. The molecular formula is C8H16N2O3. The molecule has 1 unspecified atom stereocenters. The Bertz CT molecular complexity index is 196. The zero-order valence-electron chi connectivity index (χ0n) is 7.95. The van der Waals surface area contributed by atoms with Crippen molar-refractivity contribution in [2.24, 2.45) is 17.4 Å². The molecule has 1 saturated heterocycles. The molecule has 5 heteroatoms. The first-order valence-corrected chi connectivity index (χ1v) is 4.25. The van der Waals surface area contributed by atoms with Gasteiger partial charge in [-0.1, -0.05) is 0 Å². The summed E-state index contributed by atoms with van der Waals surface area (Å²) in [5, 5.41) is 0. The summed E-state index contributed by atoms with van der Waals surface area (Å²) in [4.78, 5) is 10.7. The molecule has 0 aliphatic carbocycles. The molecule has 0 spiro atoms. The number of hydrogen-bond donors (Lipinski definition) is 2. The Morgan fingerprint density at radius 3 is 2.31 bits per heavy atom. The zero-order chi connectivity index (χ0) is 10.1. The quantitative estimate of drug-likeness (QED) is 0.593. The van der Waals surface area contributed by atoms with Gasteiger partial charge in [0.2, 0.25) is 5.91 Å². The molecule has 76 valence electrons. The molecule has 13 heavy (non-hydrogen) atoms. The third kappa shape index (κ3) is 2.65. The van der Waals surface area contributed by atoms with Gasteiger partial charge in [0.25, 0.3) is 0 Å². The van der Waals surface area contributed by atoms with E-state index >= 15 is 0 Å². The number of primary amides is 1. The monoisotopic (exact) mass is 188 g/mol. The lowest BCUT2D eigenvalue weighted by Gasteiger charge is -2.36. The predicted octanol–water partition coefficient (Wildman–Crippen LogP) is -0.802. The van der Waals surface area contributed by atoms with E-state index in [1.54, 1.807) is 0 Å². The van der Waals surface area contributed by atoms with E-state index in [9.17, 15) is 4.79 Å². The van der Waals surface area contributed by atoms with Crippen LogP contribution in [0.4, 0.5) is 0 Å². The number of rotatable bonds is 2. The molecule has 1 aliphatic heterocycles. The van der Waals surface area contributed by atoms with Gasteiger partial charge in [-0.25, -0.2) is 0 Å². The standard InChI is InChI=1S/C8H16N2O3/c1-8(2)12-3-5(4-13-8)6(9)7(10)11/h5-6H,3-4,9H2,1-2H3,(H2,10,11). The highest BCUT2D eigenvalue weighted by atomic mass is 16.7. The third-order valence-electron chi connectivity index (χ3n) is 2.13. The second-order valence-corrected chi connectivity index (χ2v) is 3.71. The van der Waals surface area contributed by atoms with Crippen molar-refractivity contribution in [3.63, 3.8) is 0 Å². The largest absolute Gasteiger partial charge is 0.368 e. The Kier molecular flexibility index (Phi) is 2.90. The summed E-state index contributed by atoms with van der Waals surface area (Å²) in [5.41, 5.74) is 10.6. The van der Waals surface area contributed by atoms with Crippen molar-refractivity contribution in [2.45, 2.75) is 25.7 Å². The molecule has 0 aromatic heterocycles. The summed E-state index contributed by atoms with van der Waals surface area (Å²) < 4.78 is 10.7. The van der Waals surface area contributed by atoms with Crippen LogP contribution in [0, 0.1) is 5.92 Å². The Balaban J connectivity index is 2.45. The molecule has 5 nitrogen and oxygen atoms in total. The minimum Gasteiger partial charge on any atom is -0.368 e. The van der Waals surface area contributed by atoms with E-state index < -0.39 is 17.7 Å². The van der Waals surface area contributed by atoms with Gasteiger partial charge in [-0.3, -0.25) is 4.79 Å². The number of hydrogen-bond acceptors (Lipinski definition) is 4. The lowest BCUT2D eigenvalue weighted by Crippen LogP contribution is -2.51. The highest BCUT2D eigenvalue weighted by molar-refractivity contribution is 5.79. The van der Waals surface area contributed by atoms with Gasteiger partial charge in [-0.05, 0) is 13.8 Å². The van der Waals surface area contributed by atoms with E-state index in [0.717, 1.165) is 0 Å². The van der Waals surface area contributed by atoms with Crippen molar-refractivity contribution in [2.75, 3.05) is 13.2 Å². The van der Waals surface area contributed by atoms with Crippen LogP contribution >= 0.6 is 0 Å². The van der Waals surface area contributed by atoms with E-state index in [4.69, 9.17) is 20.9 Å². The predicted molar refractivity (Wildman–Crippen MR) is 46.6 cm³/mol. The minimum absolute atomic E-state index is 0.134. The van der Waals surface area contributed by atoms with Gasteiger partial charge in [-0.2, -0.15) is 0 Å². The SMILES string of the molecule is CC1(C)OCC(C(N)C(N)=O)CO1. The first kappa shape index (κ1) is 10.4. The maximum absolute atomic E-state index is 10.7. The highest BCUT2D eigenvalue weighted by Gasteiger charge is 2.33. The van der Waals surface area contributed by atoms with Crippen LogP contribution in [-0.2, 0) is 14.3 Å². The first-order chi connectivity index (χ1) is 5.92. The van der Waals surface area contributed by atoms with Crippen molar-refractivity contribution in [1.82, 2.24) is 0 Å². The molecule has 0 aromatic carbocycles. The van der Waals surface area contributed by atoms with Gasteiger partial charge in [0.1, 0.15) is 0 Å². The van der Waals surface area contributed by atoms with Gasteiger partial charge < -0.3 is 20.9 Å². The minimum atomic E-state index is -0.684. The van der Waals surface area contributed by atoms with E-state index in [0.29, 0.717) is 13.2 Å². The van der Waals surface area contributed by atoms with Crippen molar-refractivity contribution < 1.29 is 14.3 Å². The summed E-state index contributed by atoms with van der Waals surface area (Å²) in [7, 11) is 0. The molecule has 1 aliphatic rings. The molecule has 0 radical (unpaired) electrons. The molecule has 1 amide bonds. The molecule has 4 N–H and O–H groups in total. The number of ether oxygens (including phenoxy) is 2. The Labute approximate surface area is 77.4 Å². The number of nitrogens with two attached hydrogens (primary N) is 2. The van der Waals surface area contributed by atoms with Crippen LogP contribution in [-0.4, -0.2) is 30.9 Å². The zero-order valence-corrected chi connectivity index (χ0v) is 7.95. The van der Waals surface area contributed by atoms with E-state index in [2.05, 4.69) is 0 Å². The smallest absolute Gasteiger partial charge is 0.234 e. The molecule has 0 saturated carbocycles. The molecular weight excluding hydrogens is 172 g/mol. The second kappa shape index (κ2) is 3.61. The van der Waals surface area contributed by atoms with Crippen LogP contribution in [0.1, 0.15) is 13.8 Å². The van der Waals surface area contributed by atoms with Gasteiger partial charge in [0, 0.05) is 5.92 Å². The van der Waals surface area contributed by atoms with Gasteiger partial charge in [-0.15, -0.1) is 0 Å². The first-order valence-electron chi connectivity index (χ1n) is 4.25. The van der Waals surface area contributed by atoms with Crippen molar-refractivity contribution in [3.05, 3.63) is 0 Å². The van der Waals surface area contributed by atoms with Crippen molar-refractivity contribution in [3.8, 4) is 0 Å². The highest BCUT2D eigenvalue weighted by Crippen LogP contribution is 2.21. The van der Waals surface area contributed by atoms with Gasteiger partial charge in [0.05, 0.1) is 19.3 Å². The van der Waals surface area contributed by atoms with Gasteiger partial charge in [0.15, 0.2) is 5.79 Å². The fraction of sp³-hybridized carbons (Fsp3) is 0.875. The number of carbonyl (C=O) groups is 1. The number of carbonyl (C=O) groups excluding carboxylic acids is 1. The summed E-state index contributed by atoms with van der Waals surface area (Å²) >= 11 is 0. The summed E-state index contributed by atoms with van der Waals surface area (Å²) in [6.07, 6.45) is 0. The molecule has 1 heterocycles. The second-order valence-electron chi connectivity index (χ2n) is 3.71. The Morgan fingerprint density at radius 2 is 1.92 bits per heavy atom. The molecule has 0 bridgehead atoms. The third-order valence-corrected chi connectivity index (χ3v) is 2.13. The van der Waals surface area contributed by atoms with E-state index in [1.807, 2.05) is 13.8 Å². The van der Waals surface area contributed by atoms with E-state index in [-0.39, 0.29) is 5.92 Å². The van der Waals surface area contributed by atoms with E-state index in [1.165, 1.54) is 0 Å². The molecule has 1 rings (SSSR count). The average molecular weight is 188 g/mol. The van der Waals surface area contributed by atoms with Crippen LogP contribution in [0.3, 0.4) is 0 Å². The molecule has 0 aromatic rings. The fourth-order valence-corrected chi connectivity index (χ4v) is 1.14.